The third kappa shape index (κ3) is 1.99. The summed E-state index contributed by atoms with van der Waals surface area (Å²) in [7, 11) is 0. The zero-order valence-corrected chi connectivity index (χ0v) is 8.37. The minimum Gasteiger partial charge on any atom is -0.368 e. The highest BCUT2D eigenvalue weighted by Crippen LogP contribution is 2.21. The predicted octanol–water partition coefficient (Wildman–Crippen LogP) is 1.05. The van der Waals surface area contributed by atoms with Gasteiger partial charge in [-0.05, 0) is 12.1 Å². The van der Waals surface area contributed by atoms with E-state index in [0.717, 1.165) is 26.2 Å². The van der Waals surface area contributed by atoms with Gasteiger partial charge in [0.1, 0.15) is 5.82 Å². The molecule has 1 fully saturated rings. The lowest BCUT2D eigenvalue weighted by Crippen LogP contribution is -2.44. The van der Waals surface area contributed by atoms with Crippen molar-refractivity contribution in [2.24, 2.45) is 0 Å². The van der Waals surface area contributed by atoms with Crippen LogP contribution in [0.15, 0.2) is 18.2 Å². The van der Waals surface area contributed by atoms with Crippen molar-refractivity contribution in [3.8, 4) is 0 Å². The molecule has 1 N–H and O–H groups in total. The molecule has 0 saturated carbocycles. The van der Waals surface area contributed by atoms with Gasteiger partial charge in [0.15, 0.2) is 6.29 Å². The Labute approximate surface area is 87.9 Å². The van der Waals surface area contributed by atoms with Crippen LogP contribution in [0.4, 0.5) is 10.1 Å². The Morgan fingerprint density at radius 3 is 2.73 bits per heavy atom. The Morgan fingerprint density at radius 1 is 1.33 bits per heavy atom. The largest absolute Gasteiger partial charge is 0.368 e. The first-order valence-corrected chi connectivity index (χ1v) is 5.02. The molecule has 0 unspecified atom stereocenters. The van der Waals surface area contributed by atoms with Gasteiger partial charge in [0.25, 0.3) is 0 Å². The van der Waals surface area contributed by atoms with Gasteiger partial charge in [0.05, 0.1) is 11.3 Å². The highest BCUT2D eigenvalue weighted by atomic mass is 19.1. The lowest BCUT2D eigenvalue weighted by atomic mass is 10.1. The molecule has 0 radical (unpaired) electrons. The summed E-state index contributed by atoms with van der Waals surface area (Å²) >= 11 is 0. The normalized spacial score (nSPS) is 16.5. The number of hydrogen-bond donors (Lipinski definition) is 1. The molecule has 1 aromatic carbocycles. The van der Waals surface area contributed by atoms with E-state index < -0.39 is 5.82 Å². The highest BCUT2D eigenvalue weighted by molar-refractivity contribution is 5.85. The number of rotatable bonds is 2. The lowest BCUT2D eigenvalue weighted by molar-refractivity contribution is 0.112. The fourth-order valence-corrected chi connectivity index (χ4v) is 1.82. The number of nitrogens with zero attached hydrogens (tertiary/aromatic N) is 1. The Kier molecular flexibility index (Phi) is 2.97. The van der Waals surface area contributed by atoms with Crippen LogP contribution < -0.4 is 10.2 Å². The summed E-state index contributed by atoms with van der Waals surface area (Å²) in [5, 5.41) is 3.21. The van der Waals surface area contributed by atoms with E-state index in [4.69, 9.17) is 0 Å². The van der Waals surface area contributed by atoms with E-state index in [9.17, 15) is 9.18 Å². The number of carbonyl (C=O) groups is 1. The molecule has 1 aliphatic rings. The Bertz CT molecular complexity index is 362. The second-order valence-corrected chi connectivity index (χ2v) is 3.53. The summed E-state index contributed by atoms with van der Waals surface area (Å²) in [6, 6.07) is 4.74. The summed E-state index contributed by atoms with van der Waals surface area (Å²) < 4.78 is 13.3. The number of piperazine rings is 1. The van der Waals surface area contributed by atoms with E-state index in [0.29, 0.717) is 12.0 Å². The van der Waals surface area contributed by atoms with Crippen molar-refractivity contribution in [2.75, 3.05) is 31.1 Å². The van der Waals surface area contributed by atoms with Crippen molar-refractivity contribution in [3.05, 3.63) is 29.6 Å². The average molecular weight is 208 g/mol. The molecule has 3 nitrogen and oxygen atoms in total. The van der Waals surface area contributed by atoms with E-state index in [2.05, 4.69) is 5.32 Å². The number of hydrogen-bond acceptors (Lipinski definition) is 3. The molecular formula is C11H13FN2O. The summed E-state index contributed by atoms with van der Waals surface area (Å²) in [5.74, 6) is -0.443. The van der Waals surface area contributed by atoms with Gasteiger partial charge in [0, 0.05) is 26.2 Å². The van der Waals surface area contributed by atoms with Crippen LogP contribution in [0, 0.1) is 5.82 Å². The SMILES string of the molecule is O=Cc1c(F)cccc1N1CCNCC1. The minimum atomic E-state index is -0.443. The first-order chi connectivity index (χ1) is 7.33. The van der Waals surface area contributed by atoms with Crippen molar-refractivity contribution in [1.29, 1.82) is 0 Å². The van der Waals surface area contributed by atoms with Crippen molar-refractivity contribution >= 4 is 12.0 Å². The van der Waals surface area contributed by atoms with Crippen LogP contribution in [0.2, 0.25) is 0 Å². The van der Waals surface area contributed by atoms with E-state index in [1.807, 2.05) is 4.90 Å². The zero-order valence-electron chi connectivity index (χ0n) is 8.37. The van der Waals surface area contributed by atoms with Crippen molar-refractivity contribution in [3.63, 3.8) is 0 Å². The number of anilines is 1. The highest BCUT2D eigenvalue weighted by Gasteiger charge is 2.15. The molecule has 80 valence electrons. The predicted molar refractivity (Wildman–Crippen MR) is 56.9 cm³/mol. The summed E-state index contributed by atoms with van der Waals surface area (Å²) in [5.41, 5.74) is 0.867. The topological polar surface area (TPSA) is 32.3 Å². The maximum absolute atomic E-state index is 13.3. The third-order valence-electron chi connectivity index (χ3n) is 2.61. The van der Waals surface area contributed by atoms with Crippen LogP contribution in [0.25, 0.3) is 0 Å². The van der Waals surface area contributed by atoms with E-state index in [-0.39, 0.29) is 5.56 Å². The molecule has 0 aromatic heterocycles. The quantitative estimate of drug-likeness (QED) is 0.737. The van der Waals surface area contributed by atoms with Gasteiger partial charge in [0.2, 0.25) is 0 Å². The van der Waals surface area contributed by atoms with Gasteiger partial charge in [-0.25, -0.2) is 4.39 Å². The molecule has 0 amide bonds. The molecular weight excluding hydrogens is 195 g/mol. The van der Waals surface area contributed by atoms with Crippen LogP contribution in [0.1, 0.15) is 10.4 Å². The van der Waals surface area contributed by atoms with Gasteiger partial charge in [-0.2, -0.15) is 0 Å². The monoisotopic (exact) mass is 208 g/mol. The summed E-state index contributed by atoms with van der Waals surface area (Å²) in [6.45, 7) is 3.36. The van der Waals surface area contributed by atoms with Gasteiger partial charge >= 0.3 is 0 Å². The van der Waals surface area contributed by atoms with E-state index in [1.165, 1.54) is 6.07 Å². The fraction of sp³-hybridized carbons (Fsp3) is 0.364. The van der Waals surface area contributed by atoms with Crippen molar-refractivity contribution in [2.45, 2.75) is 0 Å². The zero-order chi connectivity index (χ0) is 10.7. The Hall–Kier alpha value is -1.42. The van der Waals surface area contributed by atoms with Crippen molar-refractivity contribution < 1.29 is 9.18 Å². The number of aldehydes is 1. The Morgan fingerprint density at radius 2 is 2.07 bits per heavy atom. The first kappa shape index (κ1) is 10.1. The fourth-order valence-electron chi connectivity index (χ4n) is 1.82. The maximum atomic E-state index is 13.3. The molecule has 4 heteroatoms. The second kappa shape index (κ2) is 4.40. The van der Waals surface area contributed by atoms with Gasteiger partial charge < -0.3 is 10.2 Å². The van der Waals surface area contributed by atoms with Gasteiger partial charge in [-0.3, -0.25) is 4.79 Å². The molecule has 15 heavy (non-hydrogen) atoms. The van der Waals surface area contributed by atoms with Crippen LogP contribution in [0.3, 0.4) is 0 Å². The number of nitrogens with one attached hydrogen (secondary N) is 1. The minimum absolute atomic E-state index is 0.166. The van der Waals surface area contributed by atoms with Crippen molar-refractivity contribution in [1.82, 2.24) is 5.32 Å². The summed E-state index contributed by atoms with van der Waals surface area (Å²) in [6.07, 6.45) is 0.590. The summed E-state index contributed by atoms with van der Waals surface area (Å²) in [4.78, 5) is 12.8. The maximum Gasteiger partial charge on any atom is 0.155 e. The van der Waals surface area contributed by atoms with Gasteiger partial charge in [-0.1, -0.05) is 6.07 Å². The average Bonchev–Trinajstić information content (AvgIpc) is 2.30. The molecule has 1 aromatic rings. The van der Waals surface area contributed by atoms with Crippen LogP contribution in [-0.4, -0.2) is 32.5 Å². The Balaban J connectivity index is 2.33. The first-order valence-electron chi connectivity index (χ1n) is 5.02. The molecule has 0 atom stereocenters. The molecule has 1 aliphatic heterocycles. The number of carbonyl (C=O) groups excluding carboxylic acids is 1. The second-order valence-electron chi connectivity index (χ2n) is 3.53. The van der Waals surface area contributed by atoms with Crippen LogP contribution in [-0.2, 0) is 0 Å². The van der Waals surface area contributed by atoms with Crippen LogP contribution >= 0.6 is 0 Å². The molecule has 0 spiro atoms. The lowest BCUT2D eigenvalue weighted by Gasteiger charge is -2.30. The van der Waals surface area contributed by atoms with Gasteiger partial charge in [-0.15, -0.1) is 0 Å². The smallest absolute Gasteiger partial charge is 0.155 e. The number of halogens is 1. The molecule has 2 rings (SSSR count). The standard InChI is InChI=1S/C11H13FN2O/c12-10-2-1-3-11(9(10)8-15)14-6-4-13-5-7-14/h1-3,8,13H,4-7H2. The molecule has 0 aliphatic carbocycles. The molecule has 1 saturated heterocycles. The molecule has 1 heterocycles. The molecule has 0 bridgehead atoms. The van der Waals surface area contributed by atoms with E-state index >= 15 is 0 Å². The van der Waals surface area contributed by atoms with E-state index in [1.54, 1.807) is 12.1 Å². The van der Waals surface area contributed by atoms with Crippen LogP contribution in [0.5, 0.6) is 0 Å². The number of benzene rings is 1. The third-order valence-corrected chi connectivity index (χ3v) is 2.61.